The van der Waals surface area contributed by atoms with E-state index in [1.165, 1.54) is 0 Å². The van der Waals surface area contributed by atoms with Crippen LogP contribution in [0.2, 0.25) is 0 Å². The van der Waals surface area contributed by atoms with Gasteiger partial charge in [-0.3, -0.25) is 19.7 Å². The lowest BCUT2D eigenvalue weighted by Crippen LogP contribution is -2.36. The van der Waals surface area contributed by atoms with Gasteiger partial charge in [0.15, 0.2) is 0 Å². The van der Waals surface area contributed by atoms with Gasteiger partial charge >= 0.3 is 6.09 Å². The predicted molar refractivity (Wildman–Crippen MR) is 170 cm³/mol. The largest absolute Gasteiger partial charge is 0.449 e. The van der Waals surface area contributed by atoms with E-state index >= 15 is 0 Å². The number of aryl methyl sites for hydroxylation is 1. The molecule has 3 amide bonds. The minimum atomic E-state index is -0.771. The fraction of sp³-hybridized carbons (Fsp3) is 0.294. The third-order valence-corrected chi connectivity index (χ3v) is 8.43. The number of fused-ring (bicyclic) bond motifs is 10. The van der Waals surface area contributed by atoms with Crippen LogP contribution in [0.3, 0.4) is 0 Å². The highest BCUT2D eigenvalue weighted by Crippen LogP contribution is 2.32. The van der Waals surface area contributed by atoms with Crippen molar-refractivity contribution in [2.75, 3.05) is 35.7 Å². The Hall–Kier alpha value is -5.12. The molecular formula is C34H35N5O5. The van der Waals surface area contributed by atoms with E-state index in [1.54, 1.807) is 41.2 Å². The van der Waals surface area contributed by atoms with Gasteiger partial charge in [0.25, 0.3) is 5.56 Å². The summed E-state index contributed by atoms with van der Waals surface area (Å²) < 4.78 is 5.57. The van der Waals surface area contributed by atoms with E-state index in [1.807, 2.05) is 56.3 Å². The summed E-state index contributed by atoms with van der Waals surface area (Å²) in [4.78, 5) is 58.3. The molecule has 3 aromatic carbocycles. The lowest BCUT2D eigenvalue weighted by atomic mass is 9.93. The number of likely N-dealkylation sites (N-methyl/N-ethyl adjacent to an activating group) is 1. The molecule has 4 bridgehead atoms. The summed E-state index contributed by atoms with van der Waals surface area (Å²) in [7, 11) is 1.72. The summed E-state index contributed by atoms with van der Waals surface area (Å²) in [6.07, 6.45) is 2.26. The fourth-order valence-electron chi connectivity index (χ4n) is 6.11. The Morgan fingerprint density at radius 1 is 0.977 bits per heavy atom. The van der Waals surface area contributed by atoms with Crippen molar-refractivity contribution < 1.29 is 19.1 Å². The standard InChI is InChI=1S/C34H35N5O5/c1-20-15-23-7-10-27(20)21(2)19-44-34(43)37-25-9-11-29(39-14-4-5-30(39)40)24(16-25)18-38(3)33(42)31(23)36-26-8-6-22-12-13-35-32(41)28(22)17-26/h6-13,15-17,21,31,36H,4-5,14,18-19H2,1-3H3,(H,35,41)(H,37,43)/t21-,31?/m0/s1. The van der Waals surface area contributed by atoms with Gasteiger partial charge in [0.2, 0.25) is 11.8 Å². The molecule has 1 fully saturated rings. The quantitative estimate of drug-likeness (QED) is 0.291. The number of hydrogen-bond donors (Lipinski definition) is 3. The number of amides is 3. The molecule has 1 aromatic heterocycles. The number of aromatic amines is 1. The summed E-state index contributed by atoms with van der Waals surface area (Å²) in [5, 5.41) is 7.51. The molecule has 1 saturated heterocycles. The lowest BCUT2D eigenvalue weighted by molar-refractivity contribution is -0.131. The van der Waals surface area contributed by atoms with Crippen LogP contribution < -0.4 is 21.1 Å². The molecule has 10 heteroatoms. The van der Waals surface area contributed by atoms with Gasteiger partial charge in [-0.2, -0.15) is 0 Å². The number of ether oxygens (including phenoxy) is 1. The van der Waals surface area contributed by atoms with E-state index in [0.717, 1.165) is 34.1 Å². The third kappa shape index (κ3) is 5.75. The number of H-pyrrole nitrogens is 1. The zero-order valence-electron chi connectivity index (χ0n) is 25.0. The first kappa shape index (κ1) is 29.0. The minimum Gasteiger partial charge on any atom is -0.449 e. The molecule has 1 unspecified atom stereocenters. The van der Waals surface area contributed by atoms with Gasteiger partial charge in [-0.05, 0) is 77.4 Å². The number of benzene rings is 3. The van der Waals surface area contributed by atoms with Crippen LogP contribution >= 0.6 is 0 Å². The SMILES string of the molecule is Cc1cc2ccc1[C@@H](C)COC(=O)Nc1ccc(N3CCCC3=O)c(c1)CN(C)C(=O)C2Nc1ccc2cc[nH]c(=O)c2c1. The highest BCUT2D eigenvalue weighted by molar-refractivity contribution is 5.97. The van der Waals surface area contributed by atoms with E-state index in [9.17, 15) is 19.2 Å². The third-order valence-electron chi connectivity index (χ3n) is 8.43. The Morgan fingerprint density at radius 2 is 1.82 bits per heavy atom. The molecule has 3 N–H and O–H groups in total. The molecule has 0 spiro atoms. The predicted octanol–water partition coefficient (Wildman–Crippen LogP) is 5.44. The number of anilines is 3. The number of pyridine rings is 1. The van der Waals surface area contributed by atoms with Crippen molar-refractivity contribution in [1.82, 2.24) is 9.88 Å². The summed E-state index contributed by atoms with van der Waals surface area (Å²) in [5.74, 6) is -0.257. The maximum atomic E-state index is 14.3. The van der Waals surface area contributed by atoms with E-state index < -0.39 is 12.1 Å². The van der Waals surface area contributed by atoms with Gasteiger partial charge in [0, 0.05) is 61.1 Å². The summed E-state index contributed by atoms with van der Waals surface area (Å²) in [6, 6.07) is 17.7. The second-order valence-corrected chi connectivity index (χ2v) is 11.6. The number of carbonyl (C=O) groups is 3. The van der Waals surface area contributed by atoms with E-state index in [4.69, 9.17) is 4.74 Å². The van der Waals surface area contributed by atoms with Gasteiger partial charge < -0.3 is 24.8 Å². The molecule has 10 nitrogen and oxygen atoms in total. The number of aromatic nitrogens is 1. The lowest BCUT2D eigenvalue weighted by Gasteiger charge is -2.29. The average molecular weight is 594 g/mol. The van der Waals surface area contributed by atoms with Crippen LogP contribution in [0.5, 0.6) is 0 Å². The van der Waals surface area contributed by atoms with Gasteiger partial charge in [0.05, 0.1) is 6.61 Å². The molecule has 44 heavy (non-hydrogen) atoms. The molecular weight excluding hydrogens is 558 g/mol. The van der Waals surface area contributed by atoms with Crippen LogP contribution in [-0.4, -0.2) is 48.0 Å². The molecule has 4 aromatic rings. The number of nitrogens with zero attached hydrogens (tertiary/aromatic N) is 2. The Morgan fingerprint density at radius 3 is 2.59 bits per heavy atom. The van der Waals surface area contributed by atoms with Crippen molar-refractivity contribution >= 4 is 45.7 Å². The first-order valence-electron chi connectivity index (χ1n) is 14.8. The molecule has 226 valence electrons. The smallest absolute Gasteiger partial charge is 0.411 e. The van der Waals surface area contributed by atoms with E-state index in [2.05, 4.69) is 15.6 Å². The zero-order chi connectivity index (χ0) is 31.0. The normalized spacial score (nSPS) is 19.3. The summed E-state index contributed by atoms with van der Waals surface area (Å²) >= 11 is 0. The zero-order valence-corrected chi connectivity index (χ0v) is 25.0. The molecule has 3 aliphatic heterocycles. The summed E-state index contributed by atoms with van der Waals surface area (Å²) in [5.41, 5.74) is 5.09. The van der Waals surface area contributed by atoms with Crippen LogP contribution in [0.4, 0.5) is 21.9 Å². The van der Waals surface area contributed by atoms with Crippen molar-refractivity contribution in [3.05, 3.63) is 99.5 Å². The van der Waals surface area contributed by atoms with Crippen molar-refractivity contribution in [1.29, 1.82) is 0 Å². The number of hydrogen-bond acceptors (Lipinski definition) is 6. The van der Waals surface area contributed by atoms with Gasteiger partial charge in [-0.15, -0.1) is 0 Å². The maximum absolute atomic E-state index is 14.3. The Balaban J connectivity index is 1.42. The van der Waals surface area contributed by atoms with Crippen LogP contribution in [0.25, 0.3) is 10.8 Å². The Bertz CT molecular complexity index is 1830. The number of carbonyl (C=O) groups excluding carboxylic acids is 3. The van der Waals surface area contributed by atoms with Gasteiger partial charge in [-0.1, -0.05) is 31.2 Å². The highest BCUT2D eigenvalue weighted by Gasteiger charge is 2.29. The molecule has 3 aliphatic rings. The van der Waals surface area contributed by atoms with Crippen LogP contribution in [0.15, 0.2) is 71.7 Å². The number of rotatable bonds is 3. The molecule has 7 rings (SSSR count). The molecule has 0 saturated carbocycles. The highest BCUT2D eigenvalue weighted by atomic mass is 16.5. The monoisotopic (exact) mass is 593 g/mol. The average Bonchev–Trinajstić information content (AvgIpc) is 3.43. The molecule has 2 atom stereocenters. The van der Waals surface area contributed by atoms with Crippen molar-refractivity contribution in [2.24, 2.45) is 0 Å². The molecule has 0 radical (unpaired) electrons. The molecule has 4 heterocycles. The Labute approximate surface area is 255 Å². The van der Waals surface area contributed by atoms with Crippen molar-refractivity contribution in [3.63, 3.8) is 0 Å². The van der Waals surface area contributed by atoms with Crippen molar-refractivity contribution in [3.8, 4) is 0 Å². The van der Waals surface area contributed by atoms with E-state index in [-0.39, 0.29) is 36.4 Å². The van der Waals surface area contributed by atoms with Crippen LogP contribution in [-0.2, 0) is 20.9 Å². The first-order chi connectivity index (χ1) is 21.2. The summed E-state index contributed by atoms with van der Waals surface area (Å²) in [6.45, 7) is 4.91. The second kappa shape index (κ2) is 11.9. The second-order valence-electron chi connectivity index (χ2n) is 11.6. The molecule has 0 aliphatic carbocycles. The Kier molecular flexibility index (Phi) is 7.82. The van der Waals surface area contributed by atoms with Gasteiger partial charge in [-0.25, -0.2) is 4.79 Å². The maximum Gasteiger partial charge on any atom is 0.411 e. The number of nitrogens with one attached hydrogen (secondary N) is 3. The topological polar surface area (TPSA) is 124 Å². The minimum absolute atomic E-state index is 0.0258. The fourth-order valence-corrected chi connectivity index (χ4v) is 6.11. The first-order valence-corrected chi connectivity index (χ1v) is 14.8. The van der Waals surface area contributed by atoms with Crippen LogP contribution in [0.1, 0.15) is 54.0 Å². The van der Waals surface area contributed by atoms with Crippen molar-refractivity contribution in [2.45, 2.75) is 45.2 Å². The van der Waals surface area contributed by atoms with Gasteiger partial charge in [0.1, 0.15) is 6.04 Å². The van der Waals surface area contributed by atoms with E-state index in [0.29, 0.717) is 35.4 Å². The van der Waals surface area contributed by atoms with Crippen LogP contribution in [0, 0.1) is 6.92 Å².